The molecule has 2 N–H and O–H groups in total. The van der Waals surface area contributed by atoms with Gasteiger partial charge in [-0.05, 0) is 56.0 Å². The van der Waals surface area contributed by atoms with Crippen LogP contribution in [-0.2, 0) is 28.7 Å². The number of rotatable bonds is 15. The molecule has 0 radical (unpaired) electrons. The SMILES string of the molecule is C=CCCC(=O)N[C@H](C)[C@@H](OC(=O)[C@@H]1[C@@H]2CC[C@]3(O2)[C@H](C(=O)N(CC=C)c2ccc(OC)cc2)N(CCO)C(=O)[C@@H]13)c1ccccc1. The van der Waals surface area contributed by atoms with E-state index in [0.29, 0.717) is 36.3 Å². The molecule has 0 aliphatic carbocycles. The molecule has 3 aliphatic rings. The molecule has 3 fully saturated rings. The topological polar surface area (TPSA) is 135 Å². The lowest BCUT2D eigenvalue weighted by molar-refractivity contribution is -0.162. The van der Waals surface area contributed by atoms with Crippen LogP contribution in [0.5, 0.6) is 5.75 Å². The molecule has 3 aliphatic heterocycles. The predicted octanol–water partition coefficient (Wildman–Crippen LogP) is 3.34. The molecule has 0 aromatic heterocycles. The number of nitrogens with zero attached hydrogens (tertiary/aromatic N) is 2. The van der Waals surface area contributed by atoms with Crippen molar-refractivity contribution in [2.45, 2.75) is 62.5 Å². The molecule has 0 saturated carbocycles. The summed E-state index contributed by atoms with van der Waals surface area (Å²) in [5.41, 5.74) is -0.0233. The van der Waals surface area contributed by atoms with Crippen LogP contribution < -0.4 is 15.0 Å². The molecule has 1 spiro atoms. The normalized spacial score (nSPS) is 25.4. The molecule has 11 nitrogen and oxygen atoms in total. The average molecular weight is 646 g/mol. The molecule has 11 heteroatoms. The van der Waals surface area contributed by atoms with Crippen molar-refractivity contribution in [2.24, 2.45) is 11.8 Å². The number of benzene rings is 2. The standard InChI is InChI=1S/C36H43N3O8/c1-5-7-13-28(41)37-23(3)31(24-11-9-8-10-12-24)46-35(44)29-27-18-19-36(47-27)30(29)33(42)39(21-22-40)32(36)34(43)38(20-6-2)25-14-16-26(45-4)17-15-25/h5-6,8-12,14-17,23,27,29-32,40H,1-2,7,13,18-22H2,3-4H3,(H,37,41)/t23-,27+,29-,30-,31-,32+,36-/m1/s1. The Morgan fingerprint density at radius 1 is 1.15 bits per heavy atom. The molecule has 3 amide bonds. The van der Waals surface area contributed by atoms with E-state index in [0.717, 1.165) is 0 Å². The molecule has 5 rings (SSSR count). The summed E-state index contributed by atoms with van der Waals surface area (Å²) >= 11 is 0. The number of amides is 3. The van der Waals surface area contributed by atoms with Crippen LogP contribution in [0.3, 0.4) is 0 Å². The number of likely N-dealkylation sites (tertiary alicyclic amines) is 1. The minimum Gasteiger partial charge on any atom is -0.497 e. The van der Waals surface area contributed by atoms with Crippen molar-refractivity contribution in [3.8, 4) is 5.75 Å². The zero-order chi connectivity index (χ0) is 33.7. The highest BCUT2D eigenvalue weighted by Gasteiger charge is 2.75. The molecular formula is C36H43N3O8. The molecule has 2 aromatic rings. The highest BCUT2D eigenvalue weighted by Crippen LogP contribution is 2.59. The van der Waals surface area contributed by atoms with Crippen LogP contribution in [0.2, 0.25) is 0 Å². The monoisotopic (exact) mass is 645 g/mol. The minimum atomic E-state index is -1.28. The van der Waals surface area contributed by atoms with Gasteiger partial charge in [0.2, 0.25) is 11.8 Å². The third-order valence-electron chi connectivity index (χ3n) is 9.40. The van der Waals surface area contributed by atoms with Gasteiger partial charge in [0.15, 0.2) is 0 Å². The fourth-order valence-corrected chi connectivity index (χ4v) is 7.35. The first kappa shape index (κ1) is 33.9. The first-order valence-corrected chi connectivity index (χ1v) is 16.0. The minimum absolute atomic E-state index is 0.103. The van der Waals surface area contributed by atoms with Crippen LogP contribution in [0.4, 0.5) is 5.69 Å². The van der Waals surface area contributed by atoms with Gasteiger partial charge in [-0.25, -0.2) is 0 Å². The van der Waals surface area contributed by atoms with Crippen LogP contribution in [0.25, 0.3) is 0 Å². The summed E-state index contributed by atoms with van der Waals surface area (Å²) in [4.78, 5) is 58.3. The van der Waals surface area contributed by atoms with Crippen molar-refractivity contribution in [3.63, 3.8) is 0 Å². The fourth-order valence-electron chi connectivity index (χ4n) is 7.35. The maximum absolute atomic E-state index is 14.5. The van der Waals surface area contributed by atoms with E-state index in [1.54, 1.807) is 50.5 Å². The molecule has 3 saturated heterocycles. The average Bonchev–Trinajstić information content (AvgIpc) is 3.72. The van der Waals surface area contributed by atoms with E-state index < -0.39 is 59.5 Å². The molecule has 7 atom stereocenters. The number of esters is 1. The number of β-amino-alcohol motifs (C(OH)–C–C–N with tert-alkyl or cyclic N) is 1. The largest absolute Gasteiger partial charge is 0.497 e. The maximum atomic E-state index is 14.5. The van der Waals surface area contributed by atoms with Crippen LogP contribution in [0.1, 0.15) is 44.3 Å². The first-order chi connectivity index (χ1) is 22.7. The van der Waals surface area contributed by atoms with Gasteiger partial charge in [0.1, 0.15) is 23.5 Å². The van der Waals surface area contributed by atoms with E-state index in [-0.39, 0.29) is 32.0 Å². The van der Waals surface area contributed by atoms with Gasteiger partial charge in [0, 0.05) is 25.2 Å². The Hall–Kier alpha value is -4.48. The smallest absolute Gasteiger partial charge is 0.313 e. The van der Waals surface area contributed by atoms with Gasteiger partial charge >= 0.3 is 5.97 Å². The van der Waals surface area contributed by atoms with Crippen molar-refractivity contribution in [2.75, 3.05) is 31.7 Å². The lowest BCUT2D eigenvalue weighted by Crippen LogP contribution is -2.56. The maximum Gasteiger partial charge on any atom is 0.313 e. The van der Waals surface area contributed by atoms with Gasteiger partial charge in [-0.15, -0.1) is 13.2 Å². The number of carbonyl (C=O) groups excluding carboxylic acids is 4. The predicted molar refractivity (Wildman–Crippen MR) is 174 cm³/mol. The van der Waals surface area contributed by atoms with Crippen LogP contribution in [0, 0.1) is 11.8 Å². The van der Waals surface area contributed by atoms with Crippen LogP contribution in [0.15, 0.2) is 79.9 Å². The molecule has 2 bridgehead atoms. The van der Waals surface area contributed by atoms with Crippen molar-refractivity contribution in [3.05, 3.63) is 85.5 Å². The van der Waals surface area contributed by atoms with Crippen molar-refractivity contribution < 1.29 is 38.5 Å². The quantitative estimate of drug-likeness (QED) is 0.223. The Morgan fingerprint density at radius 3 is 2.51 bits per heavy atom. The number of aliphatic hydroxyl groups excluding tert-OH is 1. The summed E-state index contributed by atoms with van der Waals surface area (Å²) < 4.78 is 18.0. The third-order valence-corrected chi connectivity index (χ3v) is 9.40. The fraction of sp³-hybridized carbons (Fsp3) is 0.444. The van der Waals surface area contributed by atoms with Crippen LogP contribution in [-0.4, -0.2) is 84.3 Å². The van der Waals surface area contributed by atoms with E-state index in [2.05, 4.69) is 18.5 Å². The lowest BCUT2D eigenvalue weighted by atomic mass is 9.70. The molecular weight excluding hydrogens is 602 g/mol. The molecule has 250 valence electrons. The summed E-state index contributed by atoms with van der Waals surface area (Å²) in [5, 5.41) is 12.9. The highest BCUT2D eigenvalue weighted by atomic mass is 16.6. The van der Waals surface area contributed by atoms with E-state index in [9.17, 15) is 24.3 Å². The van der Waals surface area contributed by atoms with E-state index >= 15 is 0 Å². The van der Waals surface area contributed by atoms with Crippen molar-refractivity contribution in [1.29, 1.82) is 0 Å². The third kappa shape index (κ3) is 6.42. The number of allylic oxidation sites excluding steroid dienone is 1. The second-order valence-corrected chi connectivity index (χ2v) is 12.2. The van der Waals surface area contributed by atoms with Gasteiger partial charge in [0.25, 0.3) is 5.91 Å². The zero-order valence-corrected chi connectivity index (χ0v) is 26.9. The Labute approximate surface area is 275 Å². The van der Waals surface area contributed by atoms with Gasteiger partial charge < -0.3 is 34.4 Å². The number of aliphatic hydroxyl groups is 1. The van der Waals surface area contributed by atoms with Gasteiger partial charge in [0.05, 0.1) is 37.7 Å². The van der Waals surface area contributed by atoms with Gasteiger partial charge in [-0.2, -0.15) is 0 Å². The second kappa shape index (κ2) is 14.5. The highest BCUT2D eigenvalue weighted by molar-refractivity contribution is 6.04. The van der Waals surface area contributed by atoms with Crippen molar-refractivity contribution >= 4 is 29.4 Å². The summed E-state index contributed by atoms with van der Waals surface area (Å²) in [6.07, 6.45) is 3.38. The summed E-state index contributed by atoms with van der Waals surface area (Å²) in [6.45, 7) is 8.93. The zero-order valence-electron chi connectivity index (χ0n) is 26.9. The molecule has 2 aromatic carbocycles. The number of hydrogen-bond acceptors (Lipinski definition) is 8. The number of methoxy groups -OCH3 is 1. The summed E-state index contributed by atoms with van der Waals surface area (Å²) in [7, 11) is 1.55. The van der Waals surface area contributed by atoms with Gasteiger partial charge in [-0.1, -0.05) is 42.5 Å². The van der Waals surface area contributed by atoms with Crippen LogP contribution >= 0.6 is 0 Å². The first-order valence-electron chi connectivity index (χ1n) is 16.0. The van der Waals surface area contributed by atoms with E-state index in [1.165, 1.54) is 9.80 Å². The Balaban J connectivity index is 1.45. The van der Waals surface area contributed by atoms with Crippen molar-refractivity contribution in [1.82, 2.24) is 10.2 Å². The molecule has 0 unspecified atom stereocenters. The number of fused-ring (bicyclic) bond motifs is 1. The number of anilines is 1. The van der Waals surface area contributed by atoms with E-state index in [4.69, 9.17) is 14.2 Å². The summed E-state index contributed by atoms with van der Waals surface area (Å²) in [6, 6.07) is 14.4. The second-order valence-electron chi connectivity index (χ2n) is 12.2. The number of carbonyl (C=O) groups is 4. The Kier molecular flexibility index (Phi) is 10.5. The lowest BCUT2D eigenvalue weighted by Gasteiger charge is -2.36. The molecule has 47 heavy (non-hydrogen) atoms. The number of hydrogen-bond donors (Lipinski definition) is 2. The Morgan fingerprint density at radius 2 is 1.87 bits per heavy atom. The van der Waals surface area contributed by atoms with E-state index in [1.807, 2.05) is 30.3 Å². The Bertz CT molecular complexity index is 1480. The van der Waals surface area contributed by atoms with Gasteiger partial charge in [-0.3, -0.25) is 19.2 Å². The number of ether oxygens (including phenoxy) is 3. The molecule has 3 heterocycles. The number of nitrogens with one attached hydrogen (secondary N) is 1. The summed E-state index contributed by atoms with van der Waals surface area (Å²) in [5.74, 6) is -3.00.